The van der Waals surface area contributed by atoms with Gasteiger partial charge in [-0.2, -0.15) is 0 Å². The van der Waals surface area contributed by atoms with Crippen LogP contribution in [-0.4, -0.2) is 5.11 Å². The fraction of sp³-hybridized carbons (Fsp3) is 0.200. The van der Waals surface area contributed by atoms with Crippen molar-refractivity contribution in [1.82, 2.24) is 0 Å². The molecule has 0 fully saturated rings. The lowest BCUT2D eigenvalue weighted by atomic mass is 10.0. The molecule has 0 bridgehead atoms. The van der Waals surface area contributed by atoms with Crippen LogP contribution in [0.15, 0.2) is 24.8 Å². The molecule has 11 heavy (non-hydrogen) atoms. The predicted octanol–water partition coefficient (Wildman–Crippen LogP) is 2.73. The highest BCUT2D eigenvalue weighted by molar-refractivity contribution is 5.66. The molecule has 0 unspecified atom stereocenters. The molecule has 0 aliphatic rings. The Balaban J connectivity index is 3.27. The van der Waals surface area contributed by atoms with Gasteiger partial charge in [-0.05, 0) is 31.0 Å². The van der Waals surface area contributed by atoms with E-state index in [2.05, 4.69) is 6.58 Å². The molecule has 0 amide bonds. The molecule has 0 radical (unpaired) electrons. The summed E-state index contributed by atoms with van der Waals surface area (Å²) in [5.41, 5.74) is 2.92. The molecule has 0 aliphatic carbocycles. The van der Waals surface area contributed by atoms with Crippen molar-refractivity contribution < 1.29 is 5.11 Å². The molecular weight excluding hydrogens is 136 g/mol. The van der Waals surface area contributed by atoms with E-state index in [1.807, 2.05) is 26.0 Å². The van der Waals surface area contributed by atoms with Gasteiger partial charge in [0.05, 0.1) is 0 Å². The minimum absolute atomic E-state index is 0.338. The number of aromatic hydroxyl groups is 1. The highest BCUT2D eigenvalue weighted by Crippen LogP contribution is 2.23. The van der Waals surface area contributed by atoms with E-state index in [0.717, 1.165) is 16.7 Å². The van der Waals surface area contributed by atoms with E-state index in [9.17, 15) is 5.11 Å². The van der Waals surface area contributed by atoms with Gasteiger partial charge in [0, 0.05) is 0 Å². The zero-order valence-electron chi connectivity index (χ0n) is 6.89. The Kier molecular flexibility index (Phi) is 1.99. The maximum atomic E-state index is 9.31. The first-order valence-corrected chi connectivity index (χ1v) is 3.57. The summed E-state index contributed by atoms with van der Waals surface area (Å²) in [6, 6.07) is 5.46. The second-order valence-corrected chi connectivity index (χ2v) is 2.73. The van der Waals surface area contributed by atoms with Crippen LogP contribution in [0, 0.1) is 6.92 Å². The van der Waals surface area contributed by atoms with E-state index in [1.54, 1.807) is 6.07 Å². The third kappa shape index (κ3) is 1.43. The summed E-state index contributed by atoms with van der Waals surface area (Å²) in [5, 5.41) is 9.31. The second kappa shape index (κ2) is 2.79. The molecule has 0 heterocycles. The minimum atomic E-state index is 0.338. The smallest absolute Gasteiger partial charge is 0.119 e. The quantitative estimate of drug-likeness (QED) is 0.649. The van der Waals surface area contributed by atoms with Crippen LogP contribution in [0.25, 0.3) is 5.57 Å². The van der Waals surface area contributed by atoms with Gasteiger partial charge in [-0.1, -0.05) is 24.3 Å². The molecule has 1 rings (SSSR count). The zero-order valence-corrected chi connectivity index (χ0v) is 6.89. The van der Waals surface area contributed by atoms with Gasteiger partial charge in [-0.25, -0.2) is 0 Å². The summed E-state index contributed by atoms with van der Waals surface area (Å²) in [5.74, 6) is 0.338. The minimum Gasteiger partial charge on any atom is -0.508 e. The van der Waals surface area contributed by atoms with E-state index in [4.69, 9.17) is 0 Å². The number of hydrogen-bond donors (Lipinski definition) is 1. The molecule has 1 aromatic carbocycles. The van der Waals surface area contributed by atoms with Crippen LogP contribution in [0.5, 0.6) is 5.75 Å². The number of rotatable bonds is 1. The van der Waals surface area contributed by atoms with Crippen LogP contribution in [0.3, 0.4) is 0 Å². The number of hydrogen-bond acceptors (Lipinski definition) is 1. The second-order valence-electron chi connectivity index (χ2n) is 2.73. The molecular formula is C10H12O. The number of phenolic OH excluding ortho intramolecular Hbond substituents is 1. The maximum absolute atomic E-state index is 9.31. The van der Waals surface area contributed by atoms with E-state index in [0.29, 0.717) is 5.75 Å². The van der Waals surface area contributed by atoms with Crippen LogP contribution in [0.2, 0.25) is 0 Å². The van der Waals surface area contributed by atoms with Crippen LogP contribution in [0.4, 0.5) is 0 Å². The standard InChI is InChI=1S/C10H12O/c1-7(2)9-5-4-6-10(11)8(9)3/h4-6,11H,1H2,2-3H3. The monoisotopic (exact) mass is 148 g/mol. The molecule has 0 atom stereocenters. The lowest BCUT2D eigenvalue weighted by molar-refractivity contribution is 0.471. The van der Waals surface area contributed by atoms with Gasteiger partial charge in [-0.15, -0.1) is 0 Å². The van der Waals surface area contributed by atoms with E-state index >= 15 is 0 Å². The maximum Gasteiger partial charge on any atom is 0.119 e. The third-order valence-electron chi connectivity index (χ3n) is 1.76. The fourth-order valence-electron chi connectivity index (χ4n) is 1.09. The van der Waals surface area contributed by atoms with Crippen molar-refractivity contribution in [3.63, 3.8) is 0 Å². The molecule has 1 N–H and O–H groups in total. The average Bonchev–Trinajstić information content (AvgIpc) is 1.94. The Morgan fingerprint density at radius 2 is 2.09 bits per heavy atom. The Morgan fingerprint density at radius 1 is 1.45 bits per heavy atom. The first-order valence-electron chi connectivity index (χ1n) is 3.57. The zero-order chi connectivity index (χ0) is 8.43. The van der Waals surface area contributed by atoms with Crippen molar-refractivity contribution in [3.05, 3.63) is 35.9 Å². The topological polar surface area (TPSA) is 20.2 Å². The van der Waals surface area contributed by atoms with Crippen LogP contribution in [0.1, 0.15) is 18.1 Å². The van der Waals surface area contributed by atoms with Crippen molar-refractivity contribution in [2.45, 2.75) is 13.8 Å². The molecule has 0 aliphatic heterocycles. The Morgan fingerprint density at radius 3 is 2.55 bits per heavy atom. The molecule has 0 spiro atoms. The predicted molar refractivity (Wildman–Crippen MR) is 47.6 cm³/mol. The van der Waals surface area contributed by atoms with Gasteiger partial charge in [0.25, 0.3) is 0 Å². The van der Waals surface area contributed by atoms with E-state index in [-0.39, 0.29) is 0 Å². The molecule has 1 aromatic rings. The Labute approximate surface area is 67.0 Å². The average molecular weight is 148 g/mol. The van der Waals surface area contributed by atoms with Crippen molar-refractivity contribution in [2.24, 2.45) is 0 Å². The number of allylic oxidation sites excluding steroid dienone is 1. The first kappa shape index (κ1) is 7.86. The van der Waals surface area contributed by atoms with Crippen molar-refractivity contribution in [1.29, 1.82) is 0 Å². The van der Waals surface area contributed by atoms with Crippen LogP contribution in [-0.2, 0) is 0 Å². The normalized spacial score (nSPS) is 9.64. The van der Waals surface area contributed by atoms with E-state index in [1.165, 1.54) is 0 Å². The van der Waals surface area contributed by atoms with Gasteiger partial charge < -0.3 is 5.11 Å². The molecule has 58 valence electrons. The van der Waals surface area contributed by atoms with Crippen molar-refractivity contribution >= 4 is 5.57 Å². The molecule has 0 aromatic heterocycles. The van der Waals surface area contributed by atoms with Gasteiger partial charge in [0.2, 0.25) is 0 Å². The summed E-state index contributed by atoms with van der Waals surface area (Å²) in [4.78, 5) is 0. The summed E-state index contributed by atoms with van der Waals surface area (Å²) in [7, 11) is 0. The summed E-state index contributed by atoms with van der Waals surface area (Å²) in [6.07, 6.45) is 0. The lowest BCUT2D eigenvalue weighted by Gasteiger charge is -2.05. The number of benzene rings is 1. The number of phenols is 1. The van der Waals surface area contributed by atoms with Crippen molar-refractivity contribution in [3.8, 4) is 5.75 Å². The van der Waals surface area contributed by atoms with Crippen molar-refractivity contribution in [2.75, 3.05) is 0 Å². The van der Waals surface area contributed by atoms with Crippen LogP contribution >= 0.6 is 0 Å². The van der Waals surface area contributed by atoms with Gasteiger partial charge in [0.15, 0.2) is 0 Å². The van der Waals surface area contributed by atoms with Gasteiger partial charge in [-0.3, -0.25) is 0 Å². The summed E-state index contributed by atoms with van der Waals surface area (Å²) >= 11 is 0. The molecule has 0 saturated heterocycles. The highest BCUT2D eigenvalue weighted by atomic mass is 16.3. The highest BCUT2D eigenvalue weighted by Gasteiger charge is 2.01. The molecule has 0 saturated carbocycles. The molecule has 1 heteroatoms. The van der Waals surface area contributed by atoms with Gasteiger partial charge >= 0.3 is 0 Å². The Hall–Kier alpha value is -1.24. The summed E-state index contributed by atoms with van der Waals surface area (Å²) in [6.45, 7) is 7.64. The first-order chi connectivity index (χ1) is 5.13. The molecule has 1 nitrogen and oxygen atoms in total. The SMILES string of the molecule is C=C(C)c1cccc(O)c1C. The largest absolute Gasteiger partial charge is 0.508 e. The lowest BCUT2D eigenvalue weighted by Crippen LogP contribution is -1.83. The van der Waals surface area contributed by atoms with E-state index < -0.39 is 0 Å². The summed E-state index contributed by atoms with van der Waals surface area (Å²) < 4.78 is 0. The Bertz CT molecular complexity index is 287. The van der Waals surface area contributed by atoms with Gasteiger partial charge in [0.1, 0.15) is 5.75 Å². The third-order valence-corrected chi connectivity index (χ3v) is 1.76. The fourth-order valence-corrected chi connectivity index (χ4v) is 1.09. The van der Waals surface area contributed by atoms with Crippen LogP contribution < -0.4 is 0 Å².